The number of hydrogen-bond donors (Lipinski definition) is 1. The number of nitrogens with zero attached hydrogens (tertiary/aromatic N) is 3. The number of aliphatic hydroxyl groups excluding tert-OH is 1. The molecule has 0 bridgehead atoms. The van der Waals surface area contributed by atoms with Gasteiger partial charge in [-0.3, -0.25) is 0 Å². The molecule has 1 aliphatic heterocycles. The van der Waals surface area contributed by atoms with Crippen LogP contribution in [0.15, 0.2) is 12.4 Å². The Bertz CT molecular complexity index is 468. The quantitative estimate of drug-likeness (QED) is 0.772. The Balaban J connectivity index is 2.21. The van der Waals surface area contributed by atoms with Crippen molar-refractivity contribution in [1.82, 2.24) is 13.9 Å². The molecule has 6 nitrogen and oxygen atoms in total. The third kappa shape index (κ3) is 1.85. The molecule has 90 valence electrons. The third-order valence-electron chi connectivity index (χ3n) is 2.84. The molecule has 16 heavy (non-hydrogen) atoms. The molecule has 1 atom stereocenters. The predicted octanol–water partition coefficient (Wildman–Crippen LogP) is -0.591. The Morgan fingerprint density at radius 1 is 1.56 bits per heavy atom. The second-order valence-corrected chi connectivity index (χ2v) is 6.26. The molecule has 2 heterocycles. The van der Waals surface area contributed by atoms with E-state index in [1.165, 1.54) is 11.2 Å². The Morgan fingerprint density at radius 3 is 3.00 bits per heavy atom. The number of aliphatic hydroxyl groups is 1. The number of hydrogen-bond acceptors (Lipinski definition) is 4. The van der Waals surface area contributed by atoms with Gasteiger partial charge in [0.2, 0.25) is 10.0 Å². The third-order valence-corrected chi connectivity index (χ3v) is 5.03. The number of sulfonamides is 1. The van der Waals surface area contributed by atoms with Crippen molar-refractivity contribution in [3.63, 3.8) is 0 Å². The van der Waals surface area contributed by atoms with Crippen molar-refractivity contribution in [1.29, 1.82) is 0 Å². The van der Waals surface area contributed by atoms with Crippen LogP contribution in [0.25, 0.3) is 0 Å². The second kappa shape index (κ2) is 4.15. The van der Waals surface area contributed by atoms with Gasteiger partial charge in [0.15, 0.2) is 0 Å². The van der Waals surface area contributed by atoms with E-state index < -0.39 is 15.3 Å². The van der Waals surface area contributed by atoms with Gasteiger partial charge in [0.05, 0.1) is 18.4 Å². The van der Waals surface area contributed by atoms with Crippen LogP contribution >= 0.6 is 0 Å². The maximum Gasteiger partial charge on any atom is 0.219 e. The van der Waals surface area contributed by atoms with Gasteiger partial charge in [-0.05, 0) is 6.92 Å². The zero-order valence-corrected chi connectivity index (χ0v) is 9.89. The van der Waals surface area contributed by atoms with Crippen LogP contribution in [0.2, 0.25) is 0 Å². The normalized spacial score (nSPS) is 19.4. The van der Waals surface area contributed by atoms with Crippen molar-refractivity contribution < 1.29 is 13.5 Å². The minimum atomic E-state index is -3.40. The summed E-state index contributed by atoms with van der Waals surface area (Å²) in [5.41, 5.74) is 0. The fourth-order valence-corrected chi connectivity index (χ4v) is 3.05. The Morgan fingerprint density at radius 2 is 2.31 bits per heavy atom. The highest BCUT2D eigenvalue weighted by molar-refractivity contribution is 7.89. The molecule has 2 rings (SSSR count). The Kier molecular flexibility index (Phi) is 3.00. The minimum Gasteiger partial charge on any atom is -0.395 e. The van der Waals surface area contributed by atoms with Gasteiger partial charge in [0.25, 0.3) is 0 Å². The molecular weight excluding hydrogens is 230 g/mol. The Labute approximate surface area is 94.6 Å². The molecule has 1 N–H and O–H groups in total. The molecule has 1 unspecified atom stereocenters. The molecular formula is C9H15N3O3S. The summed E-state index contributed by atoms with van der Waals surface area (Å²) in [6.45, 7) is 2.51. The predicted molar refractivity (Wildman–Crippen MR) is 58.1 cm³/mol. The van der Waals surface area contributed by atoms with Gasteiger partial charge in [-0.2, -0.15) is 4.31 Å². The number of imidazole rings is 1. The van der Waals surface area contributed by atoms with Gasteiger partial charge in [-0.15, -0.1) is 0 Å². The van der Waals surface area contributed by atoms with Gasteiger partial charge in [0.1, 0.15) is 5.82 Å². The highest BCUT2D eigenvalue weighted by Crippen LogP contribution is 2.17. The number of fused-ring (bicyclic) bond motifs is 1. The van der Waals surface area contributed by atoms with E-state index in [1.54, 1.807) is 6.20 Å². The zero-order chi connectivity index (χ0) is 11.8. The average molecular weight is 245 g/mol. The summed E-state index contributed by atoms with van der Waals surface area (Å²) in [4.78, 5) is 4.10. The van der Waals surface area contributed by atoms with Crippen LogP contribution in [-0.2, 0) is 23.1 Å². The standard InChI is InChI=1S/C9H15N3O3S/c1-8(7-13)16(14,15)12-5-4-11-3-2-10-9(11)6-12/h2-3,8,13H,4-7H2,1H3. The summed E-state index contributed by atoms with van der Waals surface area (Å²) in [5.74, 6) is 0.750. The molecule has 0 saturated carbocycles. The monoisotopic (exact) mass is 245 g/mol. The van der Waals surface area contributed by atoms with E-state index >= 15 is 0 Å². The molecule has 1 aliphatic rings. The summed E-state index contributed by atoms with van der Waals surface area (Å²) in [6.07, 6.45) is 3.51. The van der Waals surface area contributed by atoms with Crippen molar-refractivity contribution >= 4 is 10.0 Å². The fraction of sp³-hybridized carbons (Fsp3) is 0.667. The van der Waals surface area contributed by atoms with Crippen molar-refractivity contribution in [3.8, 4) is 0 Å². The molecule has 7 heteroatoms. The van der Waals surface area contributed by atoms with E-state index in [0.717, 1.165) is 5.82 Å². The zero-order valence-electron chi connectivity index (χ0n) is 9.07. The first kappa shape index (κ1) is 11.6. The molecule has 0 spiro atoms. The van der Waals surface area contributed by atoms with Gasteiger partial charge in [-0.1, -0.05) is 0 Å². The highest BCUT2D eigenvalue weighted by atomic mass is 32.2. The van der Waals surface area contributed by atoms with Crippen LogP contribution in [0.3, 0.4) is 0 Å². The van der Waals surface area contributed by atoms with Crippen LogP contribution in [0, 0.1) is 0 Å². The van der Waals surface area contributed by atoms with E-state index in [4.69, 9.17) is 5.11 Å². The topological polar surface area (TPSA) is 75.4 Å². The molecule has 0 amide bonds. The number of aromatic nitrogens is 2. The van der Waals surface area contributed by atoms with Crippen LogP contribution in [-0.4, -0.2) is 45.8 Å². The van der Waals surface area contributed by atoms with E-state index in [-0.39, 0.29) is 6.61 Å². The molecule has 0 saturated heterocycles. The van der Waals surface area contributed by atoms with Crippen LogP contribution in [0.4, 0.5) is 0 Å². The molecule has 0 fully saturated rings. The van der Waals surface area contributed by atoms with Gasteiger partial charge in [-0.25, -0.2) is 13.4 Å². The van der Waals surface area contributed by atoms with E-state index in [9.17, 15) is 8.42 Å². The van der Waals surface area contributed by atoms with Crippen molar-refractivity contribution in [2.45, 2.75) is 25.3 Å². The second-order valence-electron chi connectivity index (χ2n) is 3.91. The SMILES string of the molecule is CC(CO)S(=O)(=O)N1CCn2ccnc2C1. The first-order valence-electron chi connectivity index (χ1n) is 5.15. The lowest BCUT2D eigenvalue weighted by Gasteiger charge is -2.28. The van der Waals surface area contributed by atoms with Crippen LogP contribution in [0.1, 0.15) is 12.7 Å². The lowest BCUT2D eigenvalue weighted by Crippen LogP contribution is -2.43. The number of rotatable bonds is 3. The summed E-state index contributed by atoms with van der Waals surface area (Å²) in [7, 11) is -3.40. The summed E-state index contributed by atoms with van der Waals surface area (Å²) in [6, 6.07) is 0. The summed E-state index contributed by atoms with van der Waals surface area (Å²) >= 11 is 0. The average Bonchev–Trinajstić information content (AvgIpc) is 2.74. The van der Waals surface area contributed by atoms with Gasteiger partial charge >= 0.3 is 0 Å². The highest BCUT2D eigenvalue weighted by Gasteiger charge is 2.31. The van der Waals surface area contributed by atoms with E-state index in [2.05, 4.69) is 4.98 Å². The first-order valence-corrected chi connectivity index (χ1v) is 6.66. The summed E-state index contributed by atoms with van der Waals surface area (Å²) in [5, 5.41) is 8.17. The smallest absolute Gasteiger partial charge is 0.219 e. The van der Waals surface area contributed by atoms with Crippen molar-refractivity contribution in [2.24, 2.45) is 0 Å². The molecule has 1 aromatic heterocycles. The van der Waals surface area contributed by atoms with Crippen molar-refractivity contribution in [3.05, 3.63) is 18.2 Å². The van der Waals surface area contributed by atoms with E-state index in [1.807, 2.05) is 10.8 Å². The maximum absolute atomic E-state index is 12.0. The van der Waals surface area contributed by atoms with Crippen LogP contribution < -0.4 is 0 Å². The molecule has 1 aromatic rings. The molecule has 0 aliphatic carbocycles. The molecule has 0 radical (unpaired) electrons. The summed E-state index contributed by atoms with van der Waals surface area (Å²) < 4.78 is 27.3. The van der Waals surface area contributed by atoms with Gasteiger partial charge < -0.3 is 9.67 Å². The van der Waals surface area contributed by atoms with Crippen LogP contribution in [0.5, 0.6) is 0 Å². The van der Waals surface area contributed by atoms with E-state index in [0.29, 0.717) is 19.6 Å². The maximum atomic E-state index is 12.0. The first-order chi connectivity index (χ1) is 7.55. The van der Waals surface area contributed by atoms with Crippen molar-refractivity contribution in [2.75, 3.05) is 13.2 Å². The Hall–Kier alpha value is -0.920. The largest absolute Gasteiger partial charge is 0.395 e. The van der Waals surface area contributed by atoms with Gasteiger partial charge in [0, 0.05) is 25.5 Å². The fourth-order valence-electron chi connectivity index (χ4n) is 1.72. The lowest BCUT2D eigenvalue weighted by molar-refractivity contribution is 0.281. The minimum absolute atomic E-state index is 0.291. The lowest BCUT2D eigenvalue weighted by atomic mass is 10.4. The molecule has 0 aromatic carbocycles.